The minimum absolute atomic E-state index is 0.0837. The van der Waals surface area contributed by atoms with Gasteiger partial charge in [-0.25, -0.2) is 4.79 Å². The zero-order valence-corrected chi connectivity index (χ0v) is 17.0. The molecule has 1 atom stereocenters. The Hall–Kier alpha value is -3.12. The van der Waals surface area contributed by atoms with Crippen LogP contribution in [0.4, 0.5) is 0 Å². The number of likely N-dealkylation sites (tertiary alicyclic amines) is 1. The summed E-state index contributed by atoms with van der Waals surface area (Å²) in [6.07, 6.45) is 1.96. The third-order valence-electron chi connectivity index (χ3n) is 6.30. The van der Waals surface area contributed by atoms with Crippen LogP contribution in [0, 0.1) is 0 Å². The molecule has 1 amide bonds. The van der Waals surface area contributed by atoms with Gasteiger partial charge in [-0.1, -0.05) is 36.4 Å². The number of amides is 1. The third kappa shape index (κ3) is 3.27. The van der Waals surface area contributed by atoms with Crippen molar-refractivity contribution in [2.45, 2.75) is 25.4 Å². The Bertz CT molecular complexity index is 1170. The molecule has 5 rings (SSSR count). The third-order valence-corrected chi connectivity index (χ3v) is 6.30. The molecule has 2 aromatic carbocycles. The van der Waals surface area contributed by atoms with Gasteiger partial charge in [0.1, 0.15) is 5.56 Å². The molecule has 154 valence electrons. The summed E-state index contributed by atoms with van der Waals surface area (Å²) in [6.45, 7) is 3.20. The van der Waals surface area contributed by atoms with E-state index >= 15 is 0 Å². The number of benzene rings is 2. The van der Waals surface area contributed by atoms with Crippen LogP contribution in [0.5, 0.6) is 5.75 Å². The molecule has 0 saturated carbocycles. The number of rotatable bonds is 3. The quantitative estimate of drug-likeness (QED) is 0.628. The lowest BCUT2D eigenvalue weighted by molar-refractivity contribution is 0.0769. The molecule has 2 aliphatic heterocycles. The van der Waals surface area contributed by atoms with E-state index in [1.165, 1.54) is 18.2 Å². The second kappa shape index (κ2) is 7.61. The maximum atomic E-state index is 13.1. The SMILES string of the molecule is COc1cccc2cc(C(=O)N3CCC(N4CCc5ccccc5C4)C3)c(=O)oc12. The smallest absolute Gasteiger partial charge is 0.349 e. The van der Waals surface area contributed by atoms with Crippen molar-refractivity contribution in [1.29, 1.82) is 0 Å². The second-order valence-electron chi connectivity index (χ2n) is 8.01. The Morgan fingerprint density at radius 1 is 1.10 bits per heavy atom. The van der Waals surface area contributed by atoms with E-state index in [0.29, 0.717) is 35.9 Å². The molecule has 1 unspecified atom stereocenters. The molecule has 1 saturated heterocycles. The summed E-state index contributed by atoms with van der Waals surface area (Å²) in [6, 6.07) is 15.9. The molecule has 6 heteroatoms. The number of hydrogen-bond donors (Lipinski definition) is 0. The van der Waals surface area contributed by atoms with Crippen LogP contribution in [0.2, 0.25) is 0 Å². The molecule has 30 heavy (non-hydrogen) atoms. The highest BCUT2D eigenvalue weighted by molar-refractivity contribution is 5.97. The lowest BCUT2D eigenvalue weighted by Crippen LogP contribution is -2.42. The molecular weight excluding hydrogens is 380 g/mol. The molecule has 2 aliphatic rings. The zero-order valence-electron chi connectivity index (χ0n) is 17.0. The number of fused-ring (bicyclic) bond motifs is 2. The Kier molecular flexibility index (Phi) is 4.79. The highest BCUT2D eigenvalue weighted by Crippen LogP contribution is 2.27. The summed E-state index contributed by atoms with van der Waals surface area (Å²) in [4.78, 5) is 29.9. The second-order valence-corrected chi connectivity index (χ2v) is 8.01. The molecule has 0 radical (unpaired) electrons. The van der Waals surface area contributed by atoms with E-state index in [-0.39, 0.29) is 11.5 Å². The van der Waals surface area contributed by atoms with E-state index in [1.807, 2.05) is 12.1 Å². The molecule has 3 aromatic rings. The predicted octanol–water partition coefficient (Wildman–Crippen LogP) is 3.07. The average Bonchev–Trinajstić information content (AvgIpc) is 3.28. The largest absolute Gasteiger partial charge is 0.493 e. The molecule has 1 fully saturated rings. The van der Waals surface area contributed by atoms with Gasteiger partial charge in [-0.05, 0) is 36.1 Å². The predicted molar refractivity (Wildman–Crippen MR) is 114 cm³/mol. The first kappa shape index (κ1) is 18.9. The van der Waals surface area contributed by atoms with Gasteiger partial charge in [0.25, 0.3) is 5.91 Å². The number of ether oxygens (including phenoxy) is 1. The highest BCUT2D eigenvalue weighted by Gasteiger charge is 2.33. The fourth-order valence-electron chi connectivity index (χ4n) is 4.65. The van der Waals surface area contributed by atoms with Crippen molar-refractivity contribution in [1.82, 2.24) is 9.80 Å². The van der Waals surface area contributed by atoms with Gasteiger partial charge in [0.05, 0.1) is 7.11 Å². The van der Waals surface area contributed by atoms with Crippen molar-refractivity contribution in [2.75, 3.05) is 26.7 Å². The summed E-state index contributed by atoms with van der Waals surface area (Å²) in [5.74, 6) is 0.226. The fourth-order valence-corrected chi connectivity index (χ4v) is 4.65. The minimum atomic E-state index is -0.618. The Morgan fingerprint density at radius 3 is 2.77 bits per heavy atom. The molecule has 0 bridgehead atoms. The van der Waals surface area contributed by atoms with Crippen LogP contribution in [-0.4, -0.2) is 48.5 Å². The van der Waals surface area contributed by atoms with Crippen LogP contribution in [0.1, 0.15) is 27.9 Å². The van der Waals surface area contributed by atoms with Gasteiger partial charge in [-0.3, -0.25) is 9.69 Å². The van der Waals surface area contributed by atoms with Crippen molar-refractivity contribution in [3.05, 3.63) is 75.6 Å². The van der Waals surface area contributed by atoms with Crippen molar-refractivity contribution in [3.63, 3.8) is 0 Å². The topological polar surface area (TPSA) is 63.0 Å². The summed E-state index contributed by atoms with van der Waals surface area (Å²) in [5, 5.41) is 0.681. The lowest BCUT2D eigenvalue weighted by Gasteiger charge is -2.33. The van der Waals surface area contributed by atoms with E-state index in [2.05, 4.69) is 29.2 Å². The van der Waals surface area contributed by atoms with Crippen LogP contribution in [0.25, 0.3) is 11.0 Å². The first-order chi connectivity index (χ1) is 14.6. The molecule has 1 aromatic heterocycles. The molecule has 0 N–H and O–H groups in total. The molecule has 0 aliphatic carbocycles. The zero-order chi connectivity index (χ0) is 20.7. The summed E-state index contributed by atoms with van der Waals surface area (Å²) in [7, 11) is 1.52. The van der Waals surface area contributed by atoms with Gasteiger partial charge in [0.15, 0.2) is 11.3 Å². The normalized spacial score (nSPS) is 19.1. The number of carbonyl (C=O) groups is 1. The van der Waals surface area contributed by atoms with E-state index < -0.39 is 5.63 Å². The summed E-state index contributed by atoms with van der Waals surface area (Å²) >= 11 is 0. The van der Waals surface area contributed by atoms with Crippen molar-refractivity contribution in [3.8, 4) is 5.75 Å². The van der Waals surface area contributed by atoms with Gasteiger partial charge in [0.2, 0.25) is 0 Å². The van der Waals surface area contributed by atoms with Crippen molar-refractivity contribution in [2.24, 2.45) is 0 Å². The number of carbonyl (C=O) groups excluding carboxylic acids is 1. The van der Waals surface area contributed by atoms with Crippen LogP contribution in [0.3, 0.4) is 0 Å². The monoisotopic (exact) mass is 404 g/mol. The minimum Gasteiger partial charge on any atom is -0.493 e. The van der Waals surface area contributed by atoms with Gasteiger partial charge < -0.3 is 14.1 Å². The van der Waals surface area contributed by atoms with Gasteiger partial charge in [0, 0.05) is 37.6 Å². The maximum Gasteiger partial charge on any atom is 0.349 e. The van der Waals surface area contributed by atoms with Gasteiger partial charge in [-0.15, -0.1) is 0 Å². The van der Waals surface area contributed by atoms with Crippen molar-refractivity contribution < 1.29 is 13.9 Å². The Labute approximate surface area is 174 Å². The van der Waals surface area contributed by atoms with Crippen LogP contribution in [0.15, 0.2) is 57.7 Å². The maximum absolute atomic E-state index is 13.1. The van der Waals surface area contributed by atoms with Crippen LogP contribution < -0.4 is 10.4 Å². The summed E-state index contributed by atoms with van der Waals surface area (Å²) in [5.41, 5.74) is 2.63. The molecule has 3 heterocycles. The average molecular weight is 404 g/mol. The van der Waals surface area contributed by atoms with E-state index in [1.54, 1.807) is 17.0 Å². The van der Waals surface area contributed by atoms with Crippen LogP contribution in [-0.2, 0) is 13.0 Å². The highest BCUT2D eigenvalue weighted by atomic mass is 16.5. The molecule has 0 spiro atoms. The number of hydrogen-bond acceptors (Lipinski definition) is 5. The Balaban J connectivity index is 1.34. The first-order valence-electron chi connectivity index (χ1n) is 10.3. The molecular formula is C24H24N2O4. The Morgan fingerprint density at radius 2 is 1.93 bits per heavy atom. The number of para-hydroxylation sites is 1. The van der Waals surface area contributed by atoms with Gasteiger partial charge >= 0.3 is 5.63 Å². The van der Waals surface area contributed by atoms with E-state index in [4.69, 9.17) is 9.15 Å². The van der Waals surface area contributed by atoms with Crippen molar-refractivity contribution >= 4 is 16.9 Å². The van der Waals surface area contributed by atoms with E-state index in [9.17, 15) is 9.59 Å². The van der Waals surface area contributed by atoms with Crippen LogP contribution >= 0.6 is 0 Å². The fraction of sp³-hybridized carbons (Fsp3) is 0.333. The summed E-state index contributed by atoms with van der Waals surface area (Å²) < 4.78 is 10.7. The standard InChI is InChI=1S/C24H24N2O4/c1-29-21-8-4-7-17-13-20(24(28)30-22(17)21)23(27)26-12-10-19(15-26)25-11-9-16-5-2-3-6-18(16)14-25/h2-8,13,19H,9-12,14-15H2,1H3. The lowest BCUT2D eigenvalue weighted by atomic mass is 9.98. The van der Waals surface area contributed by atoms with E-state index in [0.717, 1.165) is 25.9 Å². The number of methoxy groups -OCH3 is 1. The number of nitrogens with zero attached hydrogens (tertiary/aromatic N) is 2. The first-order valence-corrected chi connectivity index (χ1v) is 10.3. The van der Waals surface area contributed by atoms with Gasteiger partial charge in [-0.2, -0.15) is 0 Å². The molecule has 6 nitrogen and oxygen atoms in total.